The lowest BCUT2D eigenvalue weighted by atomic mass is 10.1. The number of ether oxygens (including phenoxy) is 1. The number of nitrogens with two attached hydrogens (primary N) is 2. The number of halogens is 1. The predicted octanol–water partition coefficient (Wildman–Crippen LogP) is -0.670. The van der Waals surface area contributed by atoms with E-state index >= 15 is 0 Å². The molecule has 0 bridgehead atoms. The van der Waals surface area contributed by atoms with Gasteiger partial charge in [0.15, 0.2) is 0 Å². The Morgan fingerprint density at radius 3 is 2.60 bits per heavy atom. The van der Waals surface area contributed by atoms with Crippen LogP contribution in [0, 0.1) is 0 Å². The summed E-state index contributed by atoms with van der Waals surface area (Å²) in [6.45, 7) is 2.88. The van der Waals surface area contributed by atoms with Gasteiger partial charge in [-0.2, -0.15) is 0 Å². The van der Waals surface area contributed by atoms with Crippen LogP contribution in [0.1, 0.15) is 13.3 Å². The van der Waals surface area contributed by atoms with Gasteiger partial charge in [-0.3, -0.25) is 4.79 Å². The number of carbonyl (C=O) groups is 1. The number of carbonyl (C=O) groups excluding carboxylic acids is 1. The highest BCUT2D eigenvalue weighted by atomic mass is 35.5. The van der Waals surface area contributed by atoms with E-state index < -0.39 is 6.10 Å². The maximum absolute atomic E-state index is 11.8. The van der Waals surface area contributed by atoms with Crippen molar-refractivity contribution in [3.63, 3.8) is 0 Å². The molecule has 5 nitrogen and oxygen atoms in total. The van der Waals surface area contributed by atoms with Gasteiger partial charge >= 0.3 is 0 Å². The molecule has 1 saturated heterocycles. The Morgan fingerprint density at radius 2 is 2.27 bits per heavy atom. The first-order chi connectivity index (χ1) is 6.61. The minimum absolute atomic E-state index is 0. The number of rotatable bonds is 3. The fourth-order valence-electron chi connectivity index (χ4n) is 1.76. The number of hydrogen-bond acceptors (Lipinski definition) is 4. The summed E-state index contributed by atoms with van der Waals surface area (Å²) in [4.78, 5) is 13.6. The van der Waals surface area contributed by atoms with Crippen LogP contribution in [0.25, 0.3) is 0 Å². The molecule has 4 N–H and O–H groups in total. The molecule has 1 aliphatic rings. The Hall–Kier alpha value is -0.360. The average Bonchev–Trinajstić information content (AvgIpc) is 2.49. The Labute approximate surface area is 96.5 Å². The van der Waals surface area contributed by atoms with E-state index in [1.165, 1.54) is 7.11 Å². The van der Waals surface area contributed by atoms with E-state index in [1.807, 2.05) is 6.92 Å². The van der Waals surface area contributed by atoms with Gasteiger partial charge in [0.1, 0.15) is 6.10 Å². The Balaban J connectivity index is 0.00000196. The SMILES string of the molecule is COC(CN)C(=O)N1CCC(N)C1C.Cl. The number of amides is 1. The molecule has 1 heterocycles. The summed E-state index contributed by atoms with van der Waals surface area (Å²) in [7, 11) is 1.50. The molecular formula is C9H20ClN3O2. The smallest absolute Gasteiger partial charge is 0.253 e. The van der Waals surface area contributed by atoms with Crippen LogP contribution in [-0.4, -0.2) is 49.2 Å². The van der Waals surface area contributed by atoms with E-state index in [4.69, 9.17) is 16.2 Å². The van der Waals surface area contributed by atoms with Gasteiger partial charge in [0.2, 0.25) is 0 Å². The fourth-order valence-corrected chi connectivity index (χ4v) is 1.76. The number of hydrogen-bond donors (Lipinski definition) is 2. The molecule has 15 heavy (non-hydrogen) atoms. The fraction of sp³-hybridized carbons (Fsp3) is 0.889. The van der Waals surface area contributed by atoms with Crippen LogP contribution in [0.5, 0.6) is 0 Å². The number of nitrogens with zero attached hydrogens (tertiary/aromatic N) is 1. The average molecular weight is 238 g/mol. The second-order valence-electron chi connectivity index (χ2n) is 3.68. The predicted molar refractivity (Wildman–Crippen MR) is 60.9 cm³/mol. The minimum atomic E-state index is -0.525. The molecule has 3 unspecified atom stereocenters. The van der Waals surface area contributed by atoms with Gasteiger partial charge in [-0.1, -0.05) is 0 Å². The maximum Gasteiger partial charge on any atom is 0.253 e. The summed E-state index contributed by atoms with van der Waals surface area (Å²) in [5.41, 5.74) is 11.3. The first kappa shape index (κ1) is 14.6. The highest BCUT2D eigenvalue weighted by Gasteiger charge is 2.34. The second kappa shape index (κ2) is 6.27. The molecule has 6 heteroatoms. The molecular weight excluding hydrogens is 218 g/mol. The summed E-state index contributed by atoms with van der Waals surface area (Å²) < 4.78 is 5.00. The Morgan fingerprint density at radius 1 is 1.67 bits per heavy atom. The third-order valence-electron chi connectivity index (χ3n) is 2.87. The van der Waals surface area contributed by atoms with Gasteiger partial charge < -0.3 is 21.1 Å². The van der Waals surface area contributed by atoms with Gasteiger partial charge in [0, 0.05) is 32.3 Å². The molecule has 90 valence electrons. The third-order valence-corrected chi connectivity index (χ3v) is 2.87. The van der Waals surface area contributed by atoms with Crippen molar-refractivity contribution < 1.29 is 9.53 Å². The normalized spacial score (nSPS) is 27.3. The summed E-state index contributed by atoms with van der Waals surface area (Å²) in [6, 6.07) is 0.168. The molecule has 0 spiro atoms. The number of methoxy groups -OCH3 is 1. The van der Waals surface area contributed by atoms with E-state index in [-0.39, 0.29) is 36.9 Å². The number of likely N-dealkylation sites (tertiary alicyclic amines) is 1. The second-order valence-corrected chi connectivity index (χ2v) is 3.68. The molecule has 1 fully saturated rings. The van der Waals surface area contributed by atoms with Crippen LogP contribution in [0.15, 0.2) is 0 Å². The lowest BCUT2D eigenvalue weighted by molar-refractivity contribution is -0.142. The molecule has 1 aliphatic heterocycles. The zero-order valence-electron chi connectivity index (χ0n) is 9.18. The zero-order chi connectivity index (χ0) is 10.7. The standard InChI is InChI=1S/C9H19N3O2.ClH/c1-6-7(11)3-4-12(6)9(13)8(5-10)14-2;/h6-8H,3-5,10-11H2,1-2H3;1H. The van der Waals surface area contributed by atoms with Gasteiger partial charge in [0.25, 0.3) is 5.91 Å². The van der Waals surface area contributed by atoms with Crippen molar-refractivity contribution in [3.8, 4) is 0 Å². The van der Waals surface area contributed by atoms with E-state index in [9.17, 15) is 4.79 Å². The van der Waals surface area contributed by atoms with Crippen LogP contribution in [-0.2, 0) is 9.53 Å². The molecule has 0 aliphatic carbocycles. The van der Waals surface area contributed by atoms with E-state index in [0.29, 0.717) is 6.54 Å². The highest BCUT2D eigenvalue weighted by Crippen LogP contribution is 2.17. The van der Waals surface area contributed by atoms with Gasteiger partial charge in [-0.15, -0.1) is 12.4 Å². The lowest BCUT2D eigenvalue weighted by Crippen LogP contribution is -2.47. The Kier molecular flexibility index (Phi) is 6.12. The monoisotopic (exact) mass is 237 g/mol. The van der Waals surface area contributed by atoms with Gasteiger partial charge in [0.05, 0.1) is 0 Å². The van der Waals surface area contributed by atoms with Crippen LogP contribution in [0.2, 0.25) is 0 Å². The summed E-state index contributed by atoms with van der Waals surface area (Å²) in [5.74, 6) is -0.0459. The van der Waals surface area contributed by atoms with Crippen molar-refractivity contribution in [2.45, 2.75) is 31.5 Å². The van der Waals surface area contributed by atoms with Gasteiger partial charge in [-0.05, 0) is 13.3 Å². The highest BCUT2D eigenvalue weighted by molar-refractivity contribution is 5.85. The lowest BCUT2D eigenvalue weighted by Gasteiger charge is -2.26. The molecule has 1 rings (SSSR count). The van der Waals surface area contributed by atoms with Crippen molar-refractivity contribution in [1.82, 2.24) is 4.90 Å². The van der Waals surface area contributed by atoms with Crippen molar-refractivity contribution in [2.24, 2.45) is 11.5 Å². The Bertz CT molecular complexity index is 212. The molecule has 3 atom stereocenters. The zero-order valence-corrected chi connectivity index (χ0v) is 10.00. The van der Waals surface area contributed by atoms with E-state index in [2.05, 4.69) is 0 Å². The van der Waals surface area contributed by atoms with E-state index in [1.54, 1.807) is 4.90 Å². The molecule has 0 radical (unpaired) electrons. The minimum Gasteiger partial charge on any atom is -0.370 e. The van der Waals surface area contributed by atoms with Crippen molar-refractivity contribution in [2.75, 3.05) is 20.2 Å². The molecule has 0 aromatic carbocycles. The summed E-state index contributed by atoms with van der Waals surface area (Å²) in [5, 5.41) is 0. The van der Waals surface area contributed by atoms with E-state index in [0.717, 1.165) is 6.42 Å². The molecule has 0 saturated carbocycles. The molecule has 0 aromatic heterocycles. The van der Waals surface area contributed by atoms with Crippen molar-refractivity contribution >= 4 is 18.3 Å². The first-order valence-corrected chi connectivity index (χ1v) is 4.90. The molecule has 1 amide bonds. The van der Waals surface area contributed by atoms with Crippen molar-refractivity contribution in [3.05, 3.63) is 0 Å². The quantitative estimate of drug-likeness (QED) is 0.682. The summed E-state index contributed by atoms with van der Waals surface area (Å²) >= 11 is 0. The van der Waals surface area contributed by atoms with Crippen LogP contribution >= 0.6 is 12.4 Å². The largest absolute Gasteiger partial charge is 0.370 e. The third kappa shape index (κ3) is 3.04. The maximum atomic E-state index is 11.8. The topological polar surface area (TPSA) is 81.6 Å². The van der Waals surface area contributed by atoms with Crippen LogP contribution in [0.3, 0.4) is 0 Å². The molecule has 0 aromatic rings. The van der Waals surface area contributed by atoms with Crippen LogP contribution in [0.4, 0.5) is 0 Å². The van der Waals surface area contributed by atoms with Crippen molar-refractivity contribution in [1.29, 1.82) is 0 Å². The van der Waals surface area contributed by atoms with Gasteiger partial charge in [-0.25, -0.2) is 0 Å². The van der Waals surface area contributed by atoms with Crippen LogP contribution < -0.4 is 11.5 Å². The summed E-state index contributed by atoms with van der Waals surface area (Å²) in [6.07, 6.45) is 0.330. The first-order valence-electron chi connectivity index (χ1n) is 4.90.